The van der Waals surface area contributed by atoms with E-state index in [0.29, 0.717) is 12.1 Å². The van der Waals surface area contributed by atoms with Gasteiger partial charge in [0.25, 0.3) is 0 Å². The molecule has 0 aliphatic carbocycles. The maximum Gasteiger partial charge on any atom is 0.161 e. The van der Waals surface area contributed by atoms with Crippen LogP contribution in [-0.4, -0.2) is 44.3 Å². The number of hydrogen-bond donors (Lipinski definition) is 1. The third-order valence-electron chi connectivity index (χ3n) is 4.25. The van der Waals surface area contributed by atoms with Crippen molar-refractivity contribution in [3.8, 4) is 11.5 Å². The van der Waals surface area contributed by atoms with Gasteiger partial charge in [-0.05, 0) is 31.0 Å². The van der Waals surface area contributed by atoms with E-state index in [-0.39, 0.29) is 0 Å². The van der Waals surface area contributed by atoms with E-state index in [1.165, 1.54) is 18.4 Å². The van der Waals surface area contributed by atoms with Gasteiger partial charge in [0.15, 0.2) is 11.5 Å². The summed E-state index contributed by atoms with van der Waals surface area (Å²) in [6, 6.07) is 7.38. The zero-order valence-electron chi connectivity index (χ0n) is 13.7. The lowest BCUT2D eigenvalue weighted by atomic mass is 10.0. The minimum atomic E-state index is 0.561. The van der Waals surface area contributed by atoms with E-state index in [9.17, 15) is 0 Å². The third-order valence-corrected chi connectivity index (χ3v) is 4.25. The van der Waals surface area contributed by atoms with E-state index in [0.717, 1.165) is 31.1 Å². The second-order valence-corrected chi connectivity index (χ2v) is 5.86. The summed E-state index contributed by atoms with van der Waals surface area (Å²) in [5.74, 6) is 1.60. The molecule has 1 heterocycles. The van der Waals surface area contributed by atoms with Crippen molar-refractivity contribution < 1.29 is 9.47 Å². The zero-order chi connectivity index (χ0) is 15.2. The number of hydrogen-bond acceptors (Lipinski definition) is 4. The molecule has 1 N–H and O–H groups in total. The molecule has 1 fully saturated rings. The lowest BCUT2D eigenvalue weighted by Gasteiger charge is -2.39. The molecule has 2 unspecified atom stereocenters. The summed E-state index contributed by atoms with van der Waals surface area (Å²) in [5.41, 5.74) is 1.27. The van der Waals surface area contributed by atoms with Crippen LogP contribution >= 0.6 is 0 Å². The van der Waals surface area contributed by atoms with Crippen molar-refractivity contribution in [1.82, 2.24) is 10.2 Å². The molecule has 0 spiro atoms. The summed E-state index contributed by atoms with van der Waals surface area (Å²) in [6.07, 6.45) is 2.48. The minimum absolute atomic E-state index is 0.561. The monoisotopic (exact) mass is 292 g/mol. The lowest BCUT2D eigenvalue weighted by Crippen LogP contribution is -2.54. The van der Waals surface area contributed by atoms with Gasteiger partial charge in [-0.1, -0.05) is 19.4 Å². The average Bonchev–Trinajstić information content (AvgIpc) is 2.50. The molecule has 21 heavy (non-hydrogen) atoms. The van der Waals surface area contributed by atoms with E-state index in [4.69, 9.17) is 9.47 Å². The van der Waals surface area contributed by atoms with E-state index in [1.54, 1.807) is 14.2 Å². The van der Waals surface area contributed by atoms with Gasteiger partial charge in [-0.2, -0.15) is 0 Å². The summed E-state index contributed by atoms with van der Waals surface area (Å²) >= 11 is 0. The van der Waals surface area contributed by atoms with E-state index in [2.05, 4.69) is 36.2 Å². The predicted molar refractivity (Wildman–Crippen MR) is 86.1 cm³/mol. The molecule has 4 nitrogen and oxygen atoms in total. The highest BCUT2D eigenvalue weighted by molar-refractivity contribution is 5.42. The highest BCUT2D eigenvalue weighted by Crippen LogP contribution is 2.28. The molecule has 1 aromatic rings. The van der Waals surface area contributed by atoms with Crippen LogP contribution in [0.25, 0.3) is 0 Å². The van der Waals surface area contributed by atoms with E-state index in [1.807, 2.05) is 6.07 Å². The number of piperazine rings is 1. The molecule has 0 aromatic heterocycles. The first kappa shape index (κ1) is 16.1. The number of benzene rings is 1. The minimum Gasteiger partial charge on any atom is -0.493 e. The Kier molecular flexibility index (Phi) is 5.88. The fourth-order valence-electron chi connectivity index (χ4n) is 2.97. The molecule has 0 amide bonds. The molecule has 0 saturated carbocycles. The fourth-order valence-corrected chi connectivity index (χ4v) is 2.97. The summed E-state index contributed by atoms with van der Waals surface area (Å²) in [4.78, 5) is 2.55. The molecule has 2 rings (SSSR count). The molecule has 1 aliphatic heterocycles. The number of nitrogens with one attached hydrogen (secondary N) is 1. The van der Waals surface area contributed by atoms with Crippen LogP contribution in [0.2, 0.25) is 0 Å². The number of nitrogens with zero attached hydrogens (tertiary/aromatic N) is 1. The Hall–Kier alpha value is -1.26. The van der Waals surface area contributed by atoms with Crippen molar-refractivity contribution >= 4 is 0 Å². The van der Waals surface area contributed by atoms with Crippen LogP contribution in [0, 0.1) is 0 Å². The van der Waals surface area contributed by atoms with Gasteiger partial charge >= 0.3 is 0 Å². The van der Waals surface area contributed by atoms with Crippen LogP contribution in [0.4, 0.5) is 0 Å². The van der Waals surface area contributed by atoms with Gasteiger partial charge in [-0.3, -0.25) is 4.90 Å². The number of rotatable bonds is 6. The standard InChI is InChI=1S/C17H28N2O2/c1-5-6-15-12-19(13(2)10-18-15)11-14-7-8-16(20-3)17(9-14)21-4/h7-9,13,15,18H,5-6,10-12H2,1-4H3. The van der Waals surface area contributed by atoms with Gasteiger partial charge in [0.2, 0.25) is 0 Å². The molecule has 118 valence electrons. The fraction of sp³-hybridized carbons (Fsp3) is 0.647. The summed E-state index contributed by atoms with van der Waals surface area (Å²) in [6.45, 7) is 7.68. The SMILES string of the molecule is CCCC1CN(Cc2ccc(OC)c(OC)c2)C(C)CN1. The van der Waals surface area contributed by atoms with Crippen molar-refractivity contribution in [3.63, 3.8) is 0 Å². The second kappa shape index (κ2) is 7.66. The van der Waals surface area contributed by atoms with Crippen LogP contribution in [0.15, 0.2) is 18.2 Å². The van der Waals surface area contributed by atoms with E-state index < -0.39 is 0 Å². The normalized spacial score (nSPS) is 23.0. The first-order valence-electron chi connectivity index (χ1n) is 7.86. The molecule has 0 bridgehead atoms. The van der Waals surface area contributed by atoms with Crippen molar-refractivity contribution in [2.24, 2.45) is 0 Å². The van der Waals surface area contributed by atoms with Crippen LogP contribution in [0.5, 0.6) is 11.5 Å². The molecule has 2 atom stereocenters. The Balaban J connectivity index is 2.05. The highest BCUT2D eigenvalue weighted by Gasteiger charge is 2.24. The predicted octanol–water partition coefficient (Wildman–Crippen LogP) is 2.67. The van der Waals surface area contributed by atoms with Gasteiger partial charge in [0, 0.05) is 31.7 Å². The lowest BCUT2D eigenvalue weighted by molar-refractivity contribution is 0.129. The topological polar surface area (TPSA) is 33.7 Å². The zero-order valence-corrected chi connectivity index (χ0v) is 13.7. The molecule has 1 aromatic carbocycles. The van der Waals surface area contributed by atoms with E-state index >= 15 is 0 Å². The summed E-state index contributed by atoms with van der Waals surface area (Å²) in [7, 11) is 3.36. The molecule has 4 heteroatoms. The second-order valence-electron chi connectivity index (χ2n) is 5.86. The molecular weight excluding hydrogens is 264 g/mol. The average molecular weight is 292 g/mol. The Morgan fingerprint density at radius 2 is 2.00 bits per heavy atom. The Morgan fingerprint density at radius 1 is 1.24 bits per heavy atom. The maximum absolute atomic E-state index is 5.40. The third kappa shape index (κ3) is 4.11. The highest BCUT2D eigenvalue weighted by atomic mass is 16.5. The van der Waals surface area contributed by atoms with Crippen LogP contribution in [0.3, 0.4) is 0 Å². The summed E-state index contributed by atoms with van der Waals surface area (Å²) < 4.78 is 10.7. The van der Waals surface area contributed by atoms with Gasteiger partial charge in [0.05, 0.1) is 14.2 Å². The van der Waals surface area contributed by atoms with Crippen molar-refractivity contribution in [2.45, 2.75) is 45.3 Å². The molecule has 1 saturated heterocycles. The van der Waals surface area contributed by atoms with Crippen LogP contribution in [-0.2, 0) is 6.54 Å². The maximum atomic E-state index is 5.40. The van der Waals surface area contributed by atoms with Gasteiger partial charge < -0.3 is 14.8 Å². The van der Waals surface area contributed by atoms with Crippen molar-refractivity contribution in [2.75, 3.05) is 27.3 Å². The van der Waals surface area contributed by atoms with Crippen molar-refractivity contribution in [1.29, 1.82) is 0 Å². The Labute approximate surface area is 128 Å². The smallest absolute Gasteiger partial charge is 0.161 e. The van der Waals surface area contributed by atoms with Gasteiger partial charge in [-0.15, -0.1) is 0 Å². The quantitative estimate of drug-likeness (QED) is 0.874. The number of ether oxygens (including phenoxy) is 2. The first-order valence-corrected chi connectivity index (χ1v) is 7.86. The van der Waals surface area contributed by atoms with Gasteiger partial charge in [0.1, 0.15) is 0 Å². The summed E-state index contributed by atoms with van der Waals surface area (Å²) in [5, 5.41) is 3.64. The van der Waals surface area contributed by atoms with Crippen LogP contribution < -0.4 is 14.8 Å². The molecular formula is C17H28N2O2. The van der Waals surface area contributed by atoms with Crippen molar-refractivity contribution in [3.05, 3.63) is 23.8 Å². The molecule has 0 radical (unpaired) electrons. The first-order chi connectivity index (χ1) is 10.2. The van der Waals surface area contributed by atoms with Gasteiger partial charge in [-0.25, -0.2) is 0 Å². The largest absolute Gasteiger partial charge is 0.493 e. The number of methoxy groups -OCH3 is 2. The van der Waals surface area contributed by atoms with Crippen LogP contribution in [0.1, 0.15) is 32.3 Å². The molecule has 1 aliphatic rings. The Morgan fingerprint density at radius 3 is 2.67 bits per heavy atom. The Bertz CT molecular complexity index is 450.